The van der Waals surface area contributed by atoms with E-state index in [1.807, 2.05) is 23.9 Å². The highest BCUT2D eigenvalue weighted by molar-refractivity contribution is 6.30. The Balaban J connectivity index is 1.89. The van der Waals surface area contributed by atoms with Crippen molar-refractivity contribution >= 4 is 11.6 Å². The molecule has 0 aliphatic rings. The van der Waals surface area contributed by atoms with Gasteiger partial charge in [0.15, 0.2) is 0 Å². The summed E-state index contributed by atoms with van der Waals surface area (Å²) in [5, 5.41) is 7.92. The first kappa shape index (κ1) is 13.1. The van der Waals surface area contributed by atoms with Crippen LogP contribution in [0.2, 0.25) is 5.02 Å². The van der Waals surface area contributed by atoms with E-state index >= 15 is 0 Å². The summed E-state index contributed by atoms with van der Waals surface area (Å²) in [5.74, 6) is -0.238. The Labute approximate surface area is 111 Å². The Hall–Kier alpha value is -1.39. The minimum absolute atomic E-state index is 0.197. The van der Waals surface area contributed by atoms with Crippen LogP contribution in [0.5, 0.6) is 0 Å². The third-order valence-corrected chi connectivity index (χ3v) is 2.90. The minimum Gasteiger partial charge on any atom is -0.308 e. The summed E-state index contributed by atoms with van der Waals surface area (Å²) >= 11 is 5.84. The van der Waals surface area contributed by atoms with E-state index in [-0.39, 0.29) is 11.9 Å². The molecule has 0 aliphatic carbocycles. The van der Waals surface area contributed by atoms with Gasteiger partial charge in [-0.05, 0) is 31.2 Å². The Morgan fingerprint density at radius 3 is 3.06 bits per heavy atom. The molecule has 96 valence electrons. The highest BCUT2D eigenvalue weighted by Crippen LogP contribution is 2.14. The van der Waals surface area contributed by atoms with Crippen molar-refractivity contribution in [1.82, 2.24) is 15.1 Å². The molecule has 2 rings (SSSR count). The van der Waals surface area contributed by atoms with Gasteiger partial charge in [-0.3, -0.25) is 4.68 Å². The largest absolute Gasteiger partial charge is 0.308 e. The lowest BCUT2D eigenvalue weighted by atomic mass is 10.2. The normalized spacial score (nSPS) is 12.6. The van der Waals surface area contributed by atoms with Crippen molar-refractivity contribution < 1.29 is 4.39 Å². The molecular formula is C13H15ClFN3. The smallest absolute Gasteiger partial charge is 0.127 e. The molecule has 0 spiro atoms. The summed E-state index contributed by atoms with van der Waals surface area (Å²) in [7, 11) is 0. The number of hydrogen-bond acceptors (Lipinski definition) is 2. The van der Waals surface area contributed by atoms with Crippen LogP contribution >= 0.6 is 11.6 Å². The molecule has 0 radical (unpaired) electrons. The first-order chi connectivity index (χ1) is 8.65. The van der Waals surface area contributed by atoms with Gasteiger partial charge < -0.3 is 5.32 Å². The van der Waals surface area contributed by atoms with Crippen LogP contribution in [0, 0.1) is 5.82 Å². The van der Waals surface area contributed by atoms with Gasteiger partial charge >= 0.3 is 0 Å². The van der Waals surface area contributed by atoms with Gasteiger partial charge in [-0.25, -0.2) is 4.39 Å². The van der Waals surface area contributed by atoms with E-state index < -0.39 is 0 Å². The molecule has 1 N–H and O–H groups in total. The van der Waals surface area contributed by atoms with Gasteiger partial charge in [0.1, 0.15) is 5.82 Å². The molecule has 1 unspecified atom stereocenters. The third-order valence-electron chi connectivity index (χ3n) is 2.67. The van der Waals surface area contributed by atoms with Gasteiger partial charge in [0.05, 0.1) is 6.54 Å². The van der Waals surface area contributed by atoms with E-state index in [2.05, 4.69) is 10.4 Å². The lowest BCUT2D eigenvalue weighted by Gasteiger charge is -2.14. The van der Waals surface area contributed by atoms with Crippen molar-refractivity contribution in [3.63, 3.8) is 0 Å². The number of hydrogen-bond donors (Lipinski definition) is 1. The van der Waals surface area contributed by atoms with E-state index in [9.17, 15) is 4.39 Å². The predicted octanol–water partition coefficient (Wildman–Crippen LogP) is 2.85. The van der Waals surface area contributed by atoms with Gasteiger partial charge in [0.25, 0.3) is 0 Å². The molecule has 2 aromatic rings. The summed E-state index contributed by atoms with van der Waals surface area (Å²) in [6.45, 7) is 3.23. The molecule has 0 fully saturated rings. The third kappa shape index (κ3) is 3.55. The number of benzene rings is 1. The summed E-state index contributed by atoms with van der Waals surface area (Å²) < 4.78 is 15.3. The molecular weight excluding hydrogens is 253 g/mol. The molecule has 0 amide bonds. The highest BCUT2D eigenvalue weighted by atomic mass is 35.5. The second-order valence-corrected chi connectivity index (χ2v) is 4.68. The molecule has 1 aromatic carbocycles. The molecule has 0 saturated carbocycles. The SMILES string of the molecule is CC(Cn1cccn1)NCc1cc(Cl)ccc1F. The van der Waals surface area contributed by atoms with E-state index in [1.165, 1.54) is 6.07 Å². The molecule has 18 heavy (non-hydrogen) atoms. The van der Waals surface area contributed by atoms with Crippen LogP contribution in [0.3, 0.4) is 0 Å². The van der Waals surface area contributed by atoms with E-state index in [1.54, 1.807) is 18.3 Å². The van der Waals surface area contributed by atoms with Gasteiger partial charge in [-0.1, -0.05) is 11.6 Å². The molecule has 5 heteroatoms. The summed E-state index contributed by atoms with van der Waals surface area (Å²) in [5.41, 5.74) is 0.579. The Morgan fingerprint density at radius 2 is 2.33 bits per heavy atom. The standard InChI is InChI=1S/C13H15ClFN3/c1-10(9-18-6-2-5-17-18)16-8-11-7-12(14)3-4-13(11)15/h2-7,10,16H,8-9H2,1H3. The minimum atomic E-state index is -0.238. The topological polar surface area (TPSA) is 29.9 Å². The second kappa shape index (κ2) is 5.98. The van der Waals surface area contributed by atoms with E-state index in [4.69, 9.17) is 11.6 Å². The number of nitrogens with zero attached hydrogens (tertiary/aromatic N) is 2. The fourth-order valence-electron chi connectivity index (χ4n) is 1.72. The Kier molecular flexibility index (Phi) is 4.33. The lowest BCUT2D eigenvalue weighted by Crippen LogP contribution is -2.30. The van der Waals surface area contributed by atoms with E-state index in [0.29, 0.717) is 17.1 Å². The summed E-state index contributed by atoms with van der Waals surface area (Å²) in [4.78, 5) is 0. The summed E-state index contributed by atoms with van der Waals surface area (Å²) in [6.07, 6.45) is 3.64. The lowest BCUT2D eigenvalue weighted by molar-refractivity contribution is 0.445. The maximum Gasteiger partial charge on any atom is 0.127 e. The molecule has 3 nitrogen and oxygen atoms in total. The first-order valence-electron chi connectivity index (χ1n) is 5.80. The maximum atomic E-state index is 13.5. The van der Waals surface area contributed by atoms with Crippen LogP contribution in [-0.4, -0.2) is 15.8 Å². The van der Waals surface area contributed by atoms with Crippen molar-refractivity contribution in [2.24, 2.45) is 0 Å². The van der Waals surface area contributed by atoms with Crippen LogP contribution in [-0.2, 0) is 13.1 Å². The van der Waals surface area contributed by atoms with Crippen LogP contribution < -0.4 is 5.32 Å². The number of aromatic nitrogens is 2. The number of rotatable bonds is 5. The Bertz CT molecular complexity index is 499. The number of nitrogens with one attached hydrogen (secondary N) is 1. The first-order valence-corrected chi connectivity index (χ1v) is 6.17. The maximum absolute atomic E-state index is 13.5. The van der Waals surface area contributed by atoms with Crippen molar-refractivity contribution in [1.29, 1.82) is 0 Å². The van der Waals surface area contributed by atoms with Crippen molar-refractivity contribution in [3.05, 3.63) is 53.1 Å². The second-order valence-electron chi connectivity index (χ2n) is 4.25. The fraction of sp³-hybridized carbons (Fsp3) is 0.308. The monoisotopic (exact) mass is 267 g/mol. The van der Waals surface area contributed by atoms with Gasteiger partial charge in [-0.2, -0.15) is 5.10 Å². The van der Waals surface area contributed by atoms with E-state index in [0.717, 1.165) is 6.54 Å². The average molecular weight is 268 g/mol. The van der Waals surface area contributed by atoms with Gasteiger partial charge in [0.2, 0.25) is 0 Å². The quantitative estimate of drug-likeness (QED) is 0.903. The zero-order valence-corrected chi connectivity index (χ0v) is 10.9. The van der Waals surface area contributed by atoms with Crippen LogP contribution in [0.4, 0.5) is 4.39 Å². The average Bonchev–Trinajstić information content (AvgIpc) is 2.83. The molecule has 0 saturated heterocycles. The van der Waals surface area contributed by atoms with Gasteiger partial charge in [-0.15, -0.1) is 0 Å². The zero-order chi connectivity index (χ0) is 13.0. The van der Waals surface area contributed by atoms with Gasteiger partial charge in [0, 0.05) is 35.6 Å². The van der Waals surface area contributed by atoms with Crippen molar-refractivity contribution in [2.75, 3.05) is 0 Å². The van der Waals surface area contributed by atoms with Crippen molar-refractivity contribution in [3.8, 4) is 0 Å². The summed E-state index contributed by atoms with van der Waals surface area (Å²) in [6, 6.07) is 6.65. The molecule has 0 aliphatic heterocycles. The molecule has 0 bridgehead atoms. The van der Waals surface area contributed by atoms with Crippen LogP contribution in [0.25, 0.3) is 0 Å². The highest BCUT2D eigenvalue weighted by Gasteiger charge is 2.06. The Morgan fingerprint density at radius 1 is 1.50 bits per heavy atom. The molecule has 1 aromatic heterocycles. The van der Waals surface area contributed by atoms with Crippen molar-refractivity contribution in [2.45, 2.75) is 26.1 Å². The number of halogens is 2. The fourth-order valence-corrected chi connectivity index (χ4v) is 1.91. The molecule has 1 heterocycles. The predicted molar refractivity (Wildman–Crippen MR) is 69.9 cm³/mol. The van der Waals surface area contributed by atoms with Crippen LogP contribution in [0.15, 0.2) is 36.7 Å². The molecule has 1 atom stereocenters. The zero-order valence-electron chi connectivity index (χ0n) is 10.1. The van der Waals surface area contributed by atoms with Crippen LogP contribution in [0.1, 0.15) is 12.5 Å².